The van der Waals surface area contributed by atoms with Crippen LogP contribution in [-0.4, -0.2) is 63.1 Å². The molecule has 1 amide bonds. The van der Waals surface area contributed by atoms with Crippen molar-refractivity contribution >= 4 is 11.9 Å². The summed E-state index contributed by atoms with van der Waals surface area (Å²) in [5.41, 5.74) is -0.0637. The lowest BCUT2D eigenvalue weighted by atomic mass is 9.96. The van der Waals surface area contributed by atoms with E-state index in [-0.39, 0.29) is 23.6 Å². The van der Waals surface area contributed by atoms with Crippen molar-refractivity contribution < 1.29 is 14.7 Å². The summed E-state index contributed by atoms with van der Waals surface area (Å²) in [5.74, 6) is -0.821. The van der Waals surface area contributed by atoms with E-state index in [4.69, 9.17) is 5.11 Å². The fraction of sp³-hybridized carbons (Fsp3) is 0.667. The number of amides is 1. The fourth-order valence-corrected chi connectivity index (χ4v) is 2.68. The van der Waals surface area contributed by atoms with Gasteiger partial charge in [0.2, 0.25) is 5.91 Å². The van der Waals surface area contributed by atoms with Gasteiger partial charge < -0.3 is 15.3 Å². The highest BCUT2D eigenvalue weighted by atomic mass is 16.4. The van der Waals surface area contributed by atoms with Gasteiger partial charge in [0.1, 0.15) is 0 Å². The lowest BCUT2D eigenvalue weighted by molar-refractivity contribution is -0.142. The predicted octanol–water partition coefficient (Wildman–Crippen LogP) is -0.641. The van der Waals surface area contributed by atoms with Crippen molar-refractivity contribution in [1.82, 2.24) is 25.2 Å². The Bertz CT molecular complexity index is 517. The van der Waals surface area contributed by atoms with E-state index in [0.717, 1.165) is 25.9 Å². The van der Waals surface area contributed by atoms with Crippen LogP contribution in [0.3, 0.4) is 0 Å². The van der Waals surface area contributed by atoms with Gasteiger partial charge in [0.05, 0.1) is 18.2 Å². The second kappa shape index (κ2) is 5.20. The maximum atomic E-state index is 12.2. The van der Waals surface area contributed by atoms with Crippen molar-refractivity contribution in [2.45, 2.75) is 18.9 Å². The number of carboxylic acid groups (broad SMARTS) is 1. The maximum absolute atomic E-state index is 12.2. The van der Waals surface area contributed by atoms with E-state index in [9.17, 15) is 9.59 Å². The van der Waals surface area contributed by atoms with Gasteiger partial charge in [0, 0.05) is 19.6 Å². The van der Waals surface area contributed by atoms with E-state index in [1.807, 2.05) is 4.90 Å². The summed E-state index contributed by atoms with van der Waals surface area (Å²) in [4.78, 5) is 24.8. The zero-order chi connectivity index (χ0) is 14.1. The molecule has 0 spiro atoms. The van der Waals surface area contributed by atoms with Gasteiger partial charge in [-0.2, -0.15) is 0 Å². The van der Waals surface area contributed by atoms with Gasteiger partial charge in [-0.15, -0.1) is 5.10 Å². The van der Waals surface area contributed by atoms with Gasteiger partial charge in [-0.1, -0.05) is 5.21 Å². The molecule has 0 aromatic carbocycles. The molecular weight excluding hydrogens is 262 g/mol. The van der Waals surface area contributed by atoms with Crippen molar-refractivity contribution in [3.8, 4) is 0 Å². The highest BCUT2D eigenvalue weighted by molar-refractivity contribution is 5.84. The largest absolute Gasteiger partial charge is 0.476 e. The average Bonchev–Trinajstić information content (AvgIpc) is 2.87. The quantitative estimate of drug-likeness (QED) is 0.763. The van der Waals surface area contributed by atoms with Crippen LogP contribution < -0.4 is 5.32 Å². The van der Waals surface area contributed by atoms with E-state index >= 15 is 0 Å². The molecular formula is C12H17N5O3. The van der Waals surface area contributed by atoms with Gasteiger partial charge in [0.25, 0.3) is 0 Å². The molecule has 108 valence electrons. The topological polar surface area (TPSA) is 100 Å². The minimum Gasteiger partial charge on any atom is -0.476 e. The molecule has 8 heteroatoms. The fourth-order valence-electron chi connectivity index (χ4n) is 2.68. The first-order chi connectivity index (χ1) is 9.65. The lowest BCUT2D eigenvalue weighted by Crippen LogP contribution is -2.54. The molecule has 0 saturated carbocycles. The molecule has 3 rings (SSSR count). The standard InChI is InChI=1S/C12H17N5O3/c18-11(8-2-1-3-13-4-8)16-5-9(6-16)17-7-10(12(19)20)14-15-17/h7-9,13H,1-6H2,(H,19,20)/t8-/m0/s1. The number of aromatic nitrogens is 3. The number of aromatic carboxylic acids is 1. The summed E-state index contributed by atoms with van der Waals surface area (Å²) in [6.45, 7) is 2.91. The highest BCUT2D eigenvalue weighted by Gasteiger charge is 2.36. The molecule has 0 unspecified atom stereocenters. The van der Waals surface area contributed by atoms with Gasteiger partial charge >= 0.3 is 5.97 Å². The monoisotopic (exact) mass is 279 g/mol. The first kappa shape index (κ1) is 13.0. The molecule has 2 aliphatic rings. The van der Waals surface area contributed by atoms with E-state index < -0.39 is 5.97 Å². The third-order valence-corrected chi connectivity index (χ3v) is 3.92. The second-order valence-corrected chi connectivity index (χ2v) is 5.33. The zero-order valence-corrected chi connectivity index (χ0v) is 11.0. The van der Waals surface area contributed by atoms with Crippen molar-refractivity contribution in [2.24, 2.45) is 5.92 Å². The van der Waals surface area contributed by atoms with Crippen molar-refractivity contribution in [3.63, 3.8) is 0 Å². The molecule has 1 atom stereocenters. The molecule has 20 heavy (non-hydrogen) atoms. The number of nitrogens with one attached hydrogen (secondary N) is 1. The summed E-state index contributed by atoms with van der Waals surface area (Å²) in [7, 11) is 0. The van der Waals surface area contributed by atoms with Gasteiger partial charge in [0.15, 0.2) is 5.69 Å². The molecule has 2 aliphatic heterocycles. The number of likely N-dealkylation sites (tertiary alicyclic amines) is 1. The van der Waals surface area contributed by atoms with Crippen molar-refractivity contribution in [3.05, 3.63) is 11.9 Å². The average molecular weight is 279 g/mol. The molecule has 3 heterocycles. The highest BCUT2D eigenvalue weighted by Crippen LogP contribution is 2.24. The summed E-state index contributed by atoms with van der Waals surface area (Å²) in [5, 5.41) is 19.4. The van der Waals surface area contributed by atoms with Crippen LogP contribution in [0.4, 0.5) is 0 Å². The molecule has 2 N–H and O–H groups in total. The third kappa shape index (κ3) is 2.38. The van der Waals surface area contributed by atoms with E-state index in [2.05, 4.69) is 15.6 Å². The SMILES string of the molecule is O=C(O)c1cn(C2CN(C(=O)[C@H]3CCCNC3)C2)nn1. The summed E-state index contributed by atoms with van der Waals surface area (Å²) >= 11 is 0. The lowest BCUT2D eigenvalue weighted by Gasteiger charge is -2.41. The van der Waals surface area contributed by atoms with Gasteiger partial charge in [-0.3, -0.25) is 4.79 Å². The van der Waals surface area contributed by atoms with Crippen LogP contribution in [0.2, 0.25) is 0 Å². The van der Waals surface area contributed by atoms with Crippen LogP contribution >= 0.6 is 0 Å². The van der Waals surface area contributed by atoms with Crippen molar-refractivity contribution in [1.29, 1.82) is 0 Å². The van der Waals surface area contributed by atoms with Crippen LogP contribution in [0.15, 0.2) is 6.20 Å². The number of rotatable bonds is 3. The predicted molar refractivity (Wildman–Crippen MR) is 68.2 cm³/mol. The number of piperidine rings is 1. The number of carbonyl (C=O) groups excluding carboxylic acids is 1. The van der Waals surface area contributed by atoms with E-state index in [1.54, 1.807) is 0 Å². The smallest absolute Gasteiger partial charge is 0.358 e. The third-order valence-electron chi connectivity index (χ3n) is 3.92. The van der Waals surface area contributed by atoms with Crippen molar-refractivity contribution in [2.75, 3.05) is 26.2 Å². The Labute approximate surface area is 115 Å². The maximum Gasteiger partial charge on any atom is 0.358 e. The van der Waals surface area contributed by atoms with Gasteiger partial charge in [-0.05, 0) is 19.4 Å². The Morgan fingerprint density at radius 1 is 1.40 bits per heavy atom. The molecule has 2 saturated heterocycles. The Morgan fingerprint density at radius 3 is 2.80 bits per heavy atom. The Kier molecular flexibility index (Phi) is 3.39. The summed E-state index contributed by atoms with van der Waals surface area (Å²) < 4.78 is 1.53. The Hall–Kier alpha value is -1.96. The molecule has 1 aromatic heterocycles. The van der Waals surface area contributed by atoms with Crippen LogP contribution in [-0.2, 0) is 4.79 Å². The van der Waals surface area contributed by atoms with E-state index in [1.165, 1.54) is 10.9 Å². The number of carboxylic acids is 1. The van der Waals surface area contributed by atoms with Crippen LogP contribution in [0, 0.1) is 5.92 Å². The minimum absolute atomic E-state index is 0.0381. The number of nitrogens with zero attached hydrogens (tertiary/aromatic N) is 4. The number of carbonyl (C=O) groups is 2. The minimum atomic E-state index is -1.09. The van der Waals surface area contributed by atoms with Crippen LogP contribution in [0.25, 0.3) is 0 Å². The normalized spacial score (nSPS) is 23.4. The molecule has 8 nitrogen and oxygen atoms in total. The Balaban J connectivity index is 1.55. The summed E-state index contributed by atoms with van der Waals surface area (Å²) in [6, 6.07) is 0.0381. The van der Waals surface area contributed by atoms with E-state index in [0.29, 0.717) is 13.1 Å². The summed E-state index contributed by atoms with van der Waals surface area (Å²) in [6.07, 6.45) is 3.40. The Morgan fingerprint density at radius 2 is 2.20 bits per heavy atom. The van der Waals surface area contributed by atoms with Gasteiger partial charge in [-0.25, -0.2) is 9.48 Å². The molecule has 1 aromatic rings. The first-order valence-electron chi connectivity index (χ1n) is 6.80. The van der Waals surface area contributed by atoms with Crippen LogP contribution in [0.5, 0.6) is 0 Å². The first-order valence-corrected chi connectivity index (χ1v) is 6.80. The number of hydrogen-bond donors (Lipinski definition) is 2. The second-order valence-electron chi connectivity index (χ2n) is 5.33. The molecule has 0 bridgehead atoms. The van der Waals surface area contributed by atoms with Crippen LogP contribution in [0.1, 0.15) is 29.4 Å². The zero-order valence-electron chi connectivity index (χ0n) is 11.0. The molecule has 2 fully saturated rings. The molecule has 0 radical (unpaired) electrons. The number of hydrogen-bond acceptors (Lipinski definition) is 5. The molecule has 0 aliphatic carbocycles.